The van der Waals surface area contributed by atoms with E-state index >= 15 is 0 Å². The van der Waals surface area contributed by atoms with Crippen molar-refractivity contribution >= 4 is 39.1 Å². The topological polar surface area (TPSA) is 110 Å². The van der Waals surface area contributed by atoms with Gasteiger partial charge in [0.05, 0.1) is 16.8 Å². The van der Waals surface area contributed by atoms with Gasteiger partial charge in [0.15, 0.2) is 0 Å². The number of nitrogens with one attached hydrogen (secondary N) is 1. The van der Waals surface area contributed by atoms with Crippen LogP contribution in [-0.2, 0) is 14.8 Å². The molecule has 0 aliphatic carbocycles. The van der Waals surface area contributed by atoms with Crippen molar-refractivity contribution in [2.45, 2.75) is 12.8 Å². The summed E-state index contributed by atoms with van der Waals surface area (Å²) in [5.41, 5.74) is 5.86. The quantitative estimate of drug-likeness (QED) is 0.837. The van der Waals surface area contributed by atoms with Crippen molar-refractivity contribution in [3.63, 3.8) is 0 Å². The second-order valence-electron chi connectivity index (χ2n) is 5.54. The number of sulfonamides is 1. The van der Waals surface area contributed by atoms with Gasteiger partial charge in [-0.15, -0.1) is 0 Å². The standard InChI is InChI=1S/C14H18ClN3O4S/c1-23(21,22)17-10-2-3-11(12(15)8-10)14(20)18-6-4-9(5-7-18)13(16)19/h2-3,8-9,17H,4-7H2,1H3,(H2,16,19). The van der Waals surface area contributed by atoms with Crippen molar-refractivity contribution in [3.8, 4) is 0 Å². The Labute approximate surface area is 139 Å². The largest absolute Gasteiger partial charge is 0.369 e. The summed E-state index contributed by atoms with van der Waals surface area (Å²) in [5.74, 6) is -0.786. The summed E-state index contributed by atoms with van der Waals surface area (Å²) in [5, 5.41) is 0.167. The highest BCUT2D eigenvalue weighted by Crippen LogP contribution is 2.25. The third-order valence-corrected chi connectivity index (χ3v) is 4.61. The van der Waals surface area contributed by atoms with E-state index in [2.05, 4.69) is 4.72 Å². The summed E-state index contributed by atoms with van der Waals surface area (Å²) >= 11 is 6.10. The maximum Gasteiger partial charge on any atom is 0.255 e. The third-order valence-electron chi connectivity index (χ3n) is 3.69. The number of piperidine rings is 1. The molecule has 0 radical (unpaired) electrons. The van der Waals surface area contributed by atoms with Crippen molar-refractivity contribution in [1.29, 1.82) is 0 Å². The molecule has 0 aromatic heterocycles. The van der Waals surface area contributed by atoms with Gasteiger partial charge in [-0.1, -0.05) is 11.6 Å². The zero-order valence-electron chi connectivity index (χ0n) is 12.6. The Balaban J connectivity index is 2.10. The zero-order chi connectivity index (χ0) is 17.2. The van der Waals surface area contributed by atoms with E-state index in [0.717, 1.165) is 6.26 Å². The number of amides is 2. The summed E-state index contributed by atoms with van der Waals surface area (Å²) in [6.45, 7) is 0.873. The van der Waals surface area contributed by atoms with Crippen LogP contribution in [0.25, 0.3) is 0 Å². The number of carbonyl (C=O) groups is 2. The third kappa shape index (κ3) is 4.59. The fourth-order valence-corrected chi connectivity index (χ4v) is 3.32. The lowest BCUT2D eigenvalue weighted by Crippen LogP contribution is -2.41. The molecule has 0 unspecified atom stereocenters. The monoisotopic (exact) mass is 359 g/mol. The average molecular weight is 360 g/mol. The molecule has 7 nitrogen and oxygen atoms in total. The van der Waals surface area contributed by atoms with Gasteiger partial charge in [-0.2, -0.15) is 0 Å². The number of rotatable bonds is 4. The van der Waals surface area contributed by atoms with Crippen LogP contribution < -0.4 is 10.5 Å². The van der Waals surface area contributed by atoms with Crippen molar-refractivity contribution < 1.29 is 18.0 Å². The lowest BCUT2D eigenvalue weighted by atomic mass is 9.96. The number of carbonyl (C=O) groups excluding carboxylic acids is 2. The number of likely N-dealkylation sites (tertiary alicyclic amines) is 1. The highest BCUT2D eigenvalue weighted by Gasteiger charge is 2.27. The Morgan fingerprint density at radius 2 is 1.91 bits per heavy atom. The van der Waals surface area contributed by atoms with Crippen LogP contribution >= 0.6 is 11.6 Å². The molecular weight excluding hydrogens is 342 g/mol. The number of anilines is 1. The Morgan fingerprint density at radius 3 is 2.39 bits per heavy atom. The molecule has 0 atom stereocenters. The molecule has 0 bridgehead atoms. The van der Waals surface area contributed by atoms with Crippen LogP contribution in [0.15, 0.2) is 18.2 Å². The molecule has 1 aliphatic heterocycles. The molecule has 0 spiro atoms. The van der Waals surface area contributed by atoms with Gasteiger partial charge in [-0.3, -0.25) is 14.3 Å². The van der Waals surface area contributed by atoms with Gasteiger partial charge in [0.1, 0.15) is 0 Å². The molecule has 1 aromatic rings. The van der Waals surface area contributed by atoms with Crippen LogP contribution in [0.5, 0.6) is 0 Å². The van der Waals surface area contributed by atoms with Gasteiger partial charge < -0.3 is 10.6 Å². The molecule has 2 amide bonds. The molecule has 1 saturated heterocycles. The molecular formula is C14H18ClN3O4S. The lowest BCUT2D eigenvalue weighted by molar-refractivity contribution is -0.123. The van der Waals surface area contributed by atoms with Gasteiger partial charge in [0.25, 0.3) is 5.91 Å². The SMILES string of the molecule is CS(=O)(=O)Nc1ccc(C(=O)N2CCC(C(N)=O)CC2)c(Cl)c1. The number of nitrogens with two attached hydrogens (primary N) is 1. The van der Waals surface area contributed by atoms with Crippen molar-refractivity contribution in [1.82, 2.24) is 4.90 Å². The van der Waals surface area contributed by atoms with E-state index in [0.29, 0.717) is 37.2 Å². The Hall–Kier alpha value is -1.80. The zero-order valence-corrected chi connectivity index (χ0v) is 14.2. The lowest BCUT2D eigenvalue weighted by Gasteiger charge is -2.30. The summed E-state index contributed by atoms with van der Waals surface area (Å²) in [6, 6.07) is 4.36. The first kappa shape index (κ1) is 17.6. The van der Waals surface area contributed by atoms with E-state index < -0.39 is 10.0 Å². The summed E-state index contributed by atoms with van der Waals surface area (Å²) in [7, 11) is -3.41. The van der Waals surface area contributed by atoms with Gasteiger partial charge >= 0.3 is 0 Å². The van der Waals surface area contributed by atoms with Crippen LogP contribution in [-0.4, -0.2) is 44.5 Å². The molecule has 3 N–H and O–H groups in total. The number of hydrogen-bond donors (Lipinski definition) is 2. The second kappa shape index (κ2) is 6.76. The van der Waals surface area contributed by atoms with E-state index in [1.807, 2.05) is 0 Å². The molecule has 1 heterocycles. The minimum absolute atomic E-state index is 0.167. The first-order valence-corrected chi connectivity index (χ1v) is 9.30. The molecule has 0 saturated carbocycles. The first-order valence-electron chi connectivity index (χ1n) is 7.03. The van der Waals surface area contributed by atoms with Crippen LogP contribution in [0.3, 0.4) is 0 Å². The molecule has 1 aromatic carbocycles. The summed E-state index contributed by atoms with van der Waals surface area (Å²) < 4.78 is 24.7. The number of halogens is 1. The molecule has 9 heteroatoms. The second-order valence-corrected chi connectivity index (χ2v) is 7.69. The fraction of sp³-hybridized carbons (Fsp3) is 0.429. The number of benzene rings is 1. The minimum Gasteiger partial charge on any atom is -0.369 e. The molecule has 1 fully saturated rings. The van der Waals surface area contributed by atoms with Gasteiger partial charge in [0.2, 0.25) is 15.9 Å². The maximum absolute atomic E-state index is 12.5. The molecule has 23 heavy (non-hydrogen) atoms. The number of nitrogens with zero attached hydrogens (tertiary/aromatic N) is 1. The predicted molar refractivity (Wildman–Crippen MR) is 87.7 cm³/mol. The van der Waals surface area contributed by atoms with Crippen LogP contribution in [0.1, 0.15) is 23.2 Å². The number of hydrogen-bond acceptors (Lipinski definition) is 4. The van der Waals surface area contributed by atoms with Crippen molar-refractivity contribution in [3.05, 3.63) is 28.8 Å². The molecule has 126 valence electrons. The van der Waals surface area contributed by atoms with Crippen LogP contribution in [0, 0.1) is 5.92 Å². The minimum atomic E-state index is -3.41. The van der Waals surface area contributed by atoms with Gasteiger partial charge in [-0.05, 0) is 31.0 Å². The van der Waals surface area contributed by atoms with E-state index in [9.17, 15) is 18.0 Å². The highest BCUT2D eigenvalue weighted by atomic mass is 35.5. The predicted octanol–water partition coefficient (Wildman–Crippen LogP) is 1.05. The maximum atomic E-state index is 12.5. The highest BCUT2D eigenvalue weighted by molar-refractivity contribution is 7.92. The normalized spacial score (nSPS) is 16.2. The fourth-order valence-electron chi connectivity index (χ4n) is 2.50. The molecule has 1 aliphatic rings. The van der Waals surface area contributed by atoms with E-state index in [1.54, 1.807) is 4.90 Å². The van der Waals surface area contributed by atoms with Crippen LogP contribution in [0.2, 0.25) is 5.02 Å². The van der Waals surface area contributed by atoms with Crippen molar-refractivity contribution in [2.24, 2.45) is 11.7 Å². The Bertz CT molecular complexity index is 728. The van der Waals surface area contributed by atoms with E-state index in [-0.39, 0.29) is 22.8 Å². The first-order chi connectivity index (χ1) is 10.7. The summed E-state index contributed by atoms with van der Waals surface area (Å²) in [6.07, 6.45) is 2.10. The number of primary amides is 1. The smallest absolute Gasteiger partial charge is 0.255 e. The Morgan fingerprint density at radius 1 is 1.30 bits per heavy atom. The van der Waals surface area contributed by atoms with Crippen LogP contribution in [0.4, 0.5) is 5.69 Å². The Kier molecular flexibility index (Phi) is 5.16. The van der Waals surface area contributed by atoms with Gasteiger partial charge in [0, 0.05) is 24.7 Å². The van der Waals surface area contributed by atoms with Crippen molar-refractivity contribution in [2.75, 3.05) is 24.1 Å². The summed E-state index contributed by atoms with van der Waals surface area (Å²) in [4.78, 5) is 25.2. The average Bonchev–Trinajstić information content (AvgIpc) is 2.45. The van der Waals surface area contributed by atoms with Gasteiger partial charge in [-0.25, -0.2) is 8.42 Å². The molecule has 2 rings (SSSR count). The van der Waals surface area contributed by atoms with E-state index in [4.69, 9.17) is 17.3 Å². The van der Waals surface area contributed by atoms with E-state index in [1.165, 1.54) is 18.2 Å².